The van der Waals surface area contributed by atoms with E-state index in [2.05, 4.69) is 11.4 Å². The quantitative estimate of drug-likeness (QED) is 0.833. The summed E-state index contributed by atoms with van der Waals surface area (Å²) in [6, 6.07) is 7.23. The van der Waals surface area contributed by atoms with Crippen LogP contribution in [0.4, 0.5) is 0 Å². The monoisotopic (exact) mass is 248 g/mol. The highest BCUT2D eigenvalue weighted by Crippen LogP contribution is 2.16. The van der Waals surface area contributed by atoms with Gasteiger partial charge in [-0.05, 0) is 30.2 Å². The first-order chi connectivity index (χ1) is 8.13. The predicted molar refractivity (Wildman–Crippen MR) is 68.5 cm³/mol. The molecular weight excluding hydrogens is 236 g/mol. The molecule has 1 N–H and O–H groups in total. The fraction of sp³-hybridized carbons (Fsp3) is 0.231. The maximum atomic E-state index is 10.6. The molecule has 0 fully saturated rings. The molecular formula is C13H13ClN2O. The van der Waals surface area contributed by atoms with E-state index in [0.717, 1.165) is 12.0 Å². The van der Waals surface area contributed by atoms with Gasteiger partial charge in [-0.3, -0.25) is 4.79 Å². The predicted octanol–water partition coefficient (Wildman–Crippen LogP) is 2.75. The van der Waals surface area contributed by atoms with Gasteiger partial charge >= 0.3 is 0 Å². The van der Waals surface area contributed by atoms with E-state index < -0.39 is 0 Å². The Morgan fingerprint density at radius 3 is 3.00 bits per heavy atom. The third kappa shape index (κ3) is 4.71. The Morgan fingerprint density at radius 2 is 2.35 bits per heavy atom. The summed E-state index contributed by atoms with van der Waals surface area (Å²) >= 11 is 5.86. The lowest BCUT2D eigenvalue weighted by atomic mass is 10.1. The number of amides is 1. The van der Waals surface area contributed by atoms with Gasteiger partial charge in [0.2, 0.25) is 5.91 Å². The first-order valence-corrected chi connectivity index (χ1v) is 5.62. The minimum absolute atomic E-state index is 0.0427. The molecule has 0 spiro atoms. The van der Waals surface area contributed by atoms with Crippen molar-refractivity contribution in [2.75, 3.05) is 6.54 Å². The molecule has 0 aliphatic carbocycles. The van der Waals surface area contributed by atoms with E-state index in [1.807, 2.05) is 12.2 Å². The van der Waals surface area contributed by atoms with Gasteiger partial charge < -0.3 is 5.32 Å². The van der Waals surface area contributed by atoms with Gasteiger partial charge in [-0.1, -0.05) is 23.8 Å². The molecule has 1 aromatic carbocycles. The van der Waals surface area contributed by atoms with Crippen LogP contribution in [0.2, 0.25) is 5.02 Å². The van der Waals surface area contributed by atoms with Crippen LogP contribution in [-0.2, 0) is 4.79 Å². The first kappa shape index (κ1) is 13.3. The summed E-state index contributed by atoms with van der Waals surface area (Å²) in [7, 11) is 0. The number of halogens is 1. The number of hydrogen-bond acceptors (Lipinski definition) is 2. The number of nitrogens with one attached hydrogen (secondary N) is 1. The van der Waals surface area contributed by atoms with Crippen molar-refractivity contribution in [3.63, 3.8) is 0 Å². The Bertz CT molecular complexity index is 475. The zero-order valence-electron chi connectivity index (χ0n) is 9.53. The number of carbonyl (C=O) groups is 1. The number of nitrogens with zero attached hydrogens (tertiary/aromatic N) is 1. The van der Waals surface area contributed by atoms with Crippen LogP contribution in [0.1, 0.15) is 24.5 Å². The van der Waals surface area contributed by atoms with Gasteiger partial charge in [0.25, 0.3) is 0 Å². The Morgan fingerprint density at radius 1 is 1.59 bits per heavy atom. The lowest BCUT2D eigenvalue weighted by Gasteiger charge is -1.99. The highest BCUT2D eigenvalue weighted by atomic mass is 35.5. The molecule has 1 amide bonds. The molecule has 0 saturated heterocycles. The zero-order chi connectivity index (χ0) is 12.7. The van der Waals surface area contributed by atoms with Crippen LogP contribution in [0.25, 0.3) is 6.08 Å². The first-order valence-electron chi connectivity index (χ1n) is 5.24. The standard InChI is InChI=1S/C13H13ClN2O/c1-10(17)16-7-3-2-4-11-8-13(14)6-5-12(11)9-15/h2,4-6,8H,3,7H2,1H3,(H,16,17). The number of nitriles is 1. The summed E-state index contributed by atoms with van der Waals surface area (Å²) in [5, 5.41) is 12.2. The highest BCUT2D eigenvalue weighted by Gasteiger charge is 1.98. The number of benzene rings is 1. The van der Waals surface area contributed by atoms with E-state index in [1.165, 1.54) is 6.92 Å². The smallest absolute Gasteiger partial charge is 0.216 e. The number of hydrogen-bond donors (Lipinski definition) is 1. The molecule has 0 radical (unpaired) electrons. The van der Waals surface area contributed by atoms with Gasteiger partial charge in [-0.15, -0.1) is 0 Å². The lowest BCUT2D eigenvalue weighted by molar-refractivity contribution is -0.118. The second-order valence-corrected chi connectivity index (χ2v) is 3.95. The van der Waals surface area contributed by atoms with Crippen molar-refractivity contribution >= 4 is 23.6 Å². The number of carbonyl (C=O) groups excluding carboxylic acids is 1. The zero-order valence-corrected chi connectivity index (χ0v) is 10.3. The average molecular weight is 249 g/mol. The summed E-state index contributed by atoms with van der Waals surface area (Å²) in [5.74, 6) is -0.0427. The van der Waals surface area contributed by atoms with Crippen molar-refractivity contribution < 1.29 is 4.79 Å². The van der Waals surface area contributed by atoms with E-state index in [9.17, 15) is 4.79 Å². The van der Waals surface area contributed by atoms with Crippen molar-refractivity contribution in [1.82, 2.24) is 5.32 Å². The van der Waals surface area contributed by atoms with E-state index >= 15 is 0 Å². The fourth-order valence-corrected chi connectivity index (χ4v) is 1.50. The molecule has 17 heavy (non-hydrogen) atoms. The second kappa shape index (κ2) is 6.72. The molecule has 88 valence electrons. The topological polar surface area (TPSA) is 52.9 Å². The maximum Gasteiger partial charge on any atom is 0.216 e. The molecule has 0 unspecified atom stereocenters. The third-order valence-electron chi connectivity index (χ3n) is 2.12. The molecule has 0 aliphatic heterocycles. The van der Waals surface area contributed by atoms with E-state index in [-0.39, 0.29) is 5.91 Å². The van der Waals surface area contributed by atoms with Gasteiger partial charge in [-0.25, -0.2) is 0 Å². The van der Waals surface area contributed by atoms with E-state index in [0.29, 0.717) is 17.1 Å². The van der Waals surface area contributed by atoms with E-state index in [1.54, 1.807) is 18.2 Å². The SMILES string of the molecule is CC(=O)NCCC=Cc1cc(Cl)ccc1C#N. The van der Waals surface area contributed by atoms with Crippen LogP contribution in [-0.4, -0.2) is 12.5 Å². The molecule has 0 aliphatic rings. The van der Waals surface area contributed by atoms with Crippen LogP contribution in [0.3, 0.4) is 0 Å². The highest BCUT2D eigenvalue weighted by molar-refractivity contribution is 6.30. The summed E-state index contributed by atoms with van der Waals surface area (Å²) in [4.78, 5) is 10.6. The van der Waals surface area contributed by atoms with Gasteiger partial charge in [0.1, 0.15) is 0 Å². The molecule has 1 aromatic rings. The van der Waals surface area contributed by atoms with Crippen LogP contribution >= 0.6 is 11.6 Å². The Labute approximate surface area is 106 Å². The van der Waals surface area contributed by atoms with Gasteiger partial charge in [0.15, 0.2) is 0 Å². The average Bonchev–Trinajstić information content (AvgIpc) is 2.28. The number of rotatable bonds is 4. The molecule has 0 bridgehead atoms. The molecule has 4 heteroatoms. The van der Waals surface area contributed by atoms with Crippen molar-refractivity contribution in [2.24, 2.45) is 0 Å². The molecule has 0 heterocycles. The molecule has 0 atom stereocenters. The van der Waals surface area contributed by atoms with Crippen molar-refractivity contribution in [3.05, 3.63) is 40.4 Å². The van der Waals surface area contributed by atoms with Crippen LogP contribution in [0, 0.1) is 11.3 Å². The Hall–Kier alpha value is -1.79. The second-order valence-electron chi connectivity index (χ2n) is 3.52. The molecule has 0 saturated carbocycles. The van der Waals surface area contributed by atoms with Crippen LogP contribution in [0.15, 0.2) is 24.3 Å². The van der Waals surface area contributed by atoms with Crippen molar-refractivity contribution in [3.8, 4) is 6.07 Å². The normalized spacial score (nSPS) is 10.2. The Balaban J connectivity index is 2.61. The molecule has 0 aromatic heterocycles. The molecule has 3 nitrogen and oxygen atoms in total. The summed E-state index contributed by atoms with van der Waals surface area (Å²) in [6.45, 7) is 2.07. The van der Waals surface area contributed by atoms with E-state index in [4.69, 9.17) is 16.9 Å². The Kier molecular flexibility index (Phi) is 5.25. The lowest BCUT2D eigenvalue weighted by Crippen LogP contribution is -2.20. The van der Waals surface area contributed by atoms with Crippen molar-refractivity contribution in [1.29, 1.82) is 5.26 Å². The molecule has 1 rings (SSSR count). The summed E-state index contributed by atoms with van der Waals surface area (Å²) < 4.78 is 0. The maximum absolute atomic E-state index is 10.6. The van der Waals surface area contributed by atoms with Gasteiger partial charge in [0, 0.05) is 18.5 Å². The van der Waals surface area contributed by atoms with Crippen LogP contribution < -0.4 is 5.32 Å². The van der Waals surface area contributed by atoms with Gasteiger partial charge in [0.05, 0.1) is 11.6 Å². The van der Waals surface area contributed by atoms with Crippen LogP contribution in [0.5, 0.6) is 0 Å². The van der Waals surface area contributed by atoms with Crippen molar-refractivity contribution in [2.45, 2.75) is 13.3 Å². The third-order valence-corrected chi connectivity index (χ3v) is 2.35. The fourth-order valence-electron chi connectivity index (χ4n) is 1.32. The minimum Gasteiger partial charge on any atom is -0.356 e. The summed E-state index contributed by atoms with van der Waals surface area (Å²) in [5.41, 5.74) is 1.38. The largest absolute Gasteiger partial charge is 0.356 e. The van der Waals surface area contributed by atoms with Gasteiger partial charge in [-0.2, -0.15) is 5.26 Å². The minimum atomic E-state index is -0.0427. The summed E-state index contributed by atoms with van der Waals surface area (Å²) in [6.07, 6.45) is 4.46.